The molecule has 0 radical (unpaired) electrons. The summed E-state index contributed by atoms with van der Waals surface area (Å²) in [5.41, 5.74) is 0. The van der Waals surface area contributed by atoms with Crippen LogP contribution >= 0.6 is 11.8 Å². The average Bonchev–Trinajstić information content (AvgIpc) is 2.25. The molecular formula is C11H24N2S. The van der Waals surface area contributed by atoms with E-state index in [9.17, 15) is 0 Å². The summed E-state index contributed by atoms with van der Waals surface area (Å²) in [5, 5.41) is 3.53. The molecule has 84 valence electrons. The minimum Gasteiger partial charge on any atom is -0.315 e. The van der Waals surface area contributed by atoms with E-state index in [2.05, 4.69) is 35.8 Å². The van der Waals surface area contributed by atoms with E-state index >= 15 is 0 Å². The van der Waals surface area contributed by atoms with Crippen LogP contribution in [0.25, 0.3) is 0 Å². The van der Waals surface area contributed by atoms with Gasteiger partial charge in [0, 0.05) is 37.7 Å². The summed E-state index contributed by atoms with van der Waals surface area (Å²) in [5.74, 6) is 3.48. The van der Waals surface area contributed by atoms with Crippen molar-refractivity contribution in [2.45, 2.75) is 20.3 Å². The van der Waals surface area contributed by atoms with Crippen LogP contribution in [0, 0.1) is 5.92 Å². The largest absolute Gasteiger partial charge is 0.315 e. The van der Waals surface area contributed by atoms with Gasteiger partial charge in [0.05, 0.1) is 0 Å². The van der Waals surface area contributed by atoms with Gasteiger partial charge in [0.1, 0.15) is 0 Å². The van der Waals surface area contributed by atoms with Crippen molar-refractivity contribution in [1.82, 2.24) is 10.2 Å². The molecule has 1 saturated heterocycles. The molecule has 1 N–H and O–H groups in total. The van der Waals surface area contributed by atoms with Gasteiger partial charge in [-0.1, -0.05) is 20.3 Å². The lowest BCUT2D eigenvalue weighted by molar-refractivity contribution is 0.298. The summed E-state index contributed by atoms with van der Waals surface area (Å²) < 4.78 is 0. The molecule has 1 unspecified atom stereocenters. The van der Waals surface area contributed by atoms with Crippen molar-refractivity contribution in [3.8, 4) is 0 Å². The molecule has 1 fully saturated rings. The molecule has 14 heavy (non-hydrogen) atoms. The van der Waals surface area contributed by atoms with Crippen LogP contribution in [-0.4, -0.2) is 49.1 Å². The fourth-order valence-electron chi connectivity index (χ4n) is 1.55. The van der Waals surface area contributed by atoms with E-state index in [-0.39, 0.29) is 0 Å². The van der Waals surface area contributed by atoms with Gasteiger partial charge in [0.25, 0.3) is 0 Å². The third-order valence-corrected chi connectivity index (χ3v) is 3.84. The van der Waals surface area contributed by atoms with Crippen LogP contribution in [0.4, 0.5) is 0 Å². The Morgan fingerprint density at radius 2 is 2.07 bits per heavy atom. The molecule has 1 rings (SSSR count). The predicted octanol–water partition coefficient (Wildman–Crippen LogP) is 1.67. The standard InChI is InChI=1S/C11H24N2S/c1-3-11(2)10-12-4-5-13-6-8-14-9-7-13/h11-12H,3-10H2,1-2H3. The Labute approximate surface area is 92.8 Å². The first-order valence-corrected chi connectivity index (χ1v) is 6.99. The number of rotatable bonds is 6. The Hall–Kier alpha value is 0.270. The van der Waals surface area contributed by atoms with Gasteiger partial charge in [0.15, 0.2) is 0 Å². The molecule has 0 aliphatic carbocycles. The second-order valence-corrected chi connectivity index (χ2v) is 5.40. The Bertz CT molecular complexity index is 135. The van der Waals surface area contributed by atoms with Crippen molar-refractivity contribution >= 4 is 11.8 Å². The summed E-state index contributed by atoms with van der Waals surface area (Å²) in [4.78, 5) is 2.57. The molecule has 2 nitrogen and oxygen atoms in total. The van der Waals surface area contributed by atoms with Crippen LogP contribution in [0.3, 0.4) is 0 Å². The van der Waals surface area contributed by atoms with Gasteiger partial charge in [0.2, 0.25) is 0 Å². The lowest BCUT2D eigenvalue weighted by atomic mass is 10.1. The quantitative estimate of drug-likeness (QED) is 0.680. The van der Waals surface area contributed by atoms with Crippen molar-refractivity contribution in [2.75, 3.05) is 44.2 Å². The summed E-state index contributed by atoms with van der Waals surface area (Å²) in [7, 11) is 0. The number of hydrogen-bond donors (Lipinski definition) is 1. The summed E-state index contributed by atoms with van der Waals surface area (Å²) in [6, 6.07) is 0. The molecule has 0 aromatic heterocycles. The van der Waals surface area contributed by atoms with E-state index in [1.807, 2.05) is 0 Å². The van der Waals surface area contributed by atoms with Crippen molar-refractivity contribution in [3.63, 3.8) is 0 Å². The molecule has 3 heteroatoms. The summed E-state index contributed by atoms with van der Waals surface area (Å²) in [6.07, 6.45) is 1.29. The van der Waals surface area contributed by atoms with Crippen LogP contribution in [0.1, 0.15) is 20.3 Å². The van der Waals surface area contributed by atoms with Crippen LogP contribution in [0.5, 0.6) is 0 Å². The van der Waals surface area contributed by atoms with Crippen LogP contribution < -0.4 is 5.32 Å². The van der Waals surface area contributed by atoms with Gasteiger partial charge < -0.3 is 10.2 Å². The molecule has 1 aliphatic heterocycles. The smallest absolute Gasteiger partial charge is 0.0107 e. The third kappa shape index (κ3) is 5.23. The number of thioether (sulfide) groups is 1. The fourth-order valence-corrected chi connectivity index (χ4v) is 2.53. The van der Waals surface area contributed by atoms with Gasteiger partial charge in [-0.25, -0.2) is 0 Å². The fraction of sp³-hybridized carbons (Fsp3) is 1.00. The highest BCUT2D eigenvalue weighted by molar-refractivity contribution is 7.99. The van der Waals surface area contributed by atoms with E-state index in [1.165, 1.54) is 44.1 Å². The second-order valence-electron chi connectivity index (χ2n) is 4.17. The van der Waals surface area contributed by atoms with E-state index in [0.29, 0.717) is 0 Å². The molecule has 1 aliphatic rings. The maximum atomic E-state index is 3.53. The van der Waals surface area contributed by atoms with Crippen molar-refractivity contribution in [2.24, 2.45) is 5.92 Å². The highest BCUT2D eigenvalue weighted by Crippen LogP contribution is 2.07. The molecule has 1 heterocycles. The zero-order valence-electron chi connectivity index (χ0n) is 9.59. The van der Waals surface area contributed by atoms with Gasteiger partial charge in [-0.05, 0) is 12.5 Å². The molecule has 0 saturated carbocycles. The highest BCUT2D eigenvalue weighted by Gasteiger charge is 2.09. The zero-order chi connectivity index (χ0) is 10.2. The van der Waals surface area contributed by atoms with Crippen LogP contribution in [-0.2, 0) is 0 Å². The Balaban J connectivity index is 1.92. The lowest BCUT2D eigenvalue weighted by Crippen LogP contribution is -2.38. The zero-order valence-corrected chi connectivity index (χ0v) is 10.4. The molecule has 0 bridgehead atoms. The third-order valence-electron chi connectivity index (χ3n) is 2.90. The van der Waals surface area contributed by atoms with Gasteiger partial charge in [-0.2, -0.15) is 11.8 Å². The number of nitrogens with one attached hydrogen (secondary N) is 1. The van der Waals surface area contributed by atoms with Gasteiger partial charge in [-0.15, -0.1) is 0 Å². The second kappa shape index (κ2) is 7.55. The first-order valence-electron chi connectivity index (χ1n) is 5.83. The Morgan fingerprint density at radius 3 is 2.71 bits per heavy atom. The maximum absolute atomic E-state index is 3.53. The van der Waals surface area contributed by atoms with Crippen molar-refractivity contribution in [3.05, 3.63) is 0 Å². The number of hydrogen-bond acceptors (Lipinski definition) is 3. The maximum Gasteiger partial charge on any atom is 0.0107 e. The molecule has 0 aromatic rings. The summed E-state index contributed by atoms with van der Waals surface area (Å²) in [6.45, 7) is 10.7. The predicted molar refractivity (Wildman–Crippen MR) is 66.1 cm³/mol. The first-order chi connectivity index (χ1) is 6.83. The normalized spacial score (nSPS) is 21.0. The number of nitrogens with zero attached hydrogens (tertiary/aromatic N) is 1. The lowest BCUT2D eigenvalue weighted by Gasteiger charge is -2.26. The van der Waals surface area contributed by atoms with Crippen LogP contribution in [0.15, 0.2) is 0 Å². The Morgan fingerprint density at radius 1 is 1.36 bits per heavy atom. The topological polar surface area (TPSA) is 15.3 Å². The molecule has 0 amide bonds. The molecule has 0 aromatic carbocycles. The van der Waals surface area contributed by atoms with Crippen LogP contribution in [0.2, 0.25) is 0 Å². The Kier molecular flexibility index (Phi) is 6.65. The average molecular weight is 216 g/mol. The van der Waals surface area contributed by atoms with E-state index in [4.69, 9.17) is 0 Å². The van der Waals surface area contributed by atoms with E-state index in [1.54, 1.807) is 0 Å². The van der Waals surface area contributed by atoms with E-state index in [0.717, 1.165) is 12.5 Å². The van der Waals surface area contributed by atoms with Crippen molar-refractivity contribution in [1.29, 1.82) is 0 Å². The molecule has 1 atom stereocenters. The monoisotopic (exact) mass is 216 g/mol. The van der Waals surface area contributed by atoms with Gasteiger partial charge in [-0.3, -0.25) is 0 Å². The van der Waals surface area contributed by atoms with E-state index < -0.39 is 0 Å². The molecule has 0 spiro atoms. The van der Waals surface area contributed by atoms with Gasteiger partial charge >= 0.3 is 0 Å². The minimum atomic E-state index is 0.826. The van der Waals surface area contributed by atoms with Crippen molar-refractivity contribution < 1.29 is 0 Å². The summed E-state index contributed by atoms with van der Waals surface area (Å²) >= 11 is 2.08. The highest BCUT2D eigenvalue weighted by atomic mass is 32.2. The minimum absolute atomic E-state index is 0.826. The first kappa shape index (κ1) is 12.3. The molecular weight excluding hydrogens is 192 g/mol. The SMILES string of the molecule is CCC(C)CNCCN1CCSCC1.